The molecule has 1 fully saturated rings. The third kappa shape index (κ3) is 3.78. The molecule has 2 rings (SSSR count). The molecule has 0 aromatic carbocycles. The lowest BCUT2D eigenvalue weighted by molar-refractivity contribution is -0.121. The first-order valence-corrected chi connectivity index (χ1v) is 6.36. The van der Waals surface area contributed by atoms with Gasteiger partial charge in [-0.25, -0.2) is 4.68 Å². The molecule has 0 bridgehead atoms. The second-order valence-electron chi connectivity index (χ2n) is 4.51. The first kappa shape index (κ1) is 13.0. The molecular formula is C11H20N6O. The van der Waals surface area contributed by atoms with Gasteiger partial charge in [-0.1, -0.05) is 5.21 Å². The predicted octanol–water partition coefficient (Wildman–Crippen LogP) is -1.05. The minimum Gasteiger partial charge on any atom is -0.353 e. The SMILES string of the molecule is NCc1cn(CC(=O)NCCN2CCCC2)nn1. The summed E-state index contributed by atoms with van der Waals surface area (Å²) in [4.78, 5) is 14.0. The zero-order chi connectivity index (χ0) is 12.8. The summed E-state index contributed by atoms with van der Waals surface area (Å²) in [5.41, 5.74) is 6.12. The normalized spacial score (nSPS) is 16.1. The van der Waals surface area contributed by atoms with Gasteiger partial charge in [-0.2, -0.15) is 0 Å². The Kier molecular flexibility index (Phi) is 4.66. The Hall–Kier alpha value is -1.47. The quantitative estimate of drug-likeness (QED) is 0.674. The van der Waals surface area contributed by atoms with E-state index in [0.717, 1.165) is 19.6 Å². The largest absolute Gasteiger partial charge is 0.353 e. The van der Waals surface area contributed by atoms with Gasteiger partial charge in [-0.05, 0) is 25.9 Å². The molecule has 7 heteroatoms. The van der Waals surface area contributed by atoms with Crippen molar-refractivity contribution in [3.8, 4) is 0 Å². The Morgan fingerprint density at radius 3 is 2.89 bits per heavy atom. The number of amides is 1. The molecule has 0 saturated carbocycles. The number of hydrogen-bond acceptors (Lipinski definition) is 5. The molecule has 0 atom stereocenters. The maximum atomic E-state index is 11.6. The van der Waals surface area contributed by atoms with Crippen LogP contribution in [-0.2, 0) is 17.9 Å². The first-order chi connectivity index (χ1) is 8.78. The molecule has 18 heavy (non-hydrogen) atoms. The maximum Gasteiger partial charge on any atom is 0.241 e. The zero-order valence-corrected chi connectivity index (χ0v) is 10.5. The second-order valence-corrected chi connectivity index (χ2v) is 4.51. The first-order valence-electron chi connectivity index (χ1n) is 6.36. The smallest absolute Gasteiger partial charge is 0.241 e. The third-order valence-electron chi connectivity index (χ3n) is 3.05. The van der Waals surface area contributed by atoms with Crippen LogP contribution in [0.4, 0.5) is 0 Å². The highest BCUT2D eigenvalue weighted by molar-refractivity contribution is 5.75. The summed E-state index contributed by atoms with van der Waals surface area (Å²) < 4.78 is 1.51. The van der Waals surface area contributed by atoms with Gasteiger partial charge in [-0.3, -0.25) is 4.79 Å². The molecule has 7 nitrogen and oxygen atoms in total. The van der Waals surface area contributed by atoms with Crippen molar-refractivity contribution in [3.05, 3.63) is 11.9 Å². The second kappa shape index (κ2) is 6.46. The molecule has 1 amide bonds. The van der Waals surface area contributed by atoms with E-state index >= 15 is 0 Å². The van der Waals surface area contributed by atoms with Crippen LogP contribution in [0.5, 0.6) is 0 Å². The van der Waals surface area contributed by atoms with E-state index in [2.05, 4.69) is 20.5 Å². The summed E-state index contributed by atoms with van der Waals surface area (Å²) in [6.45, 7) is 4.47. The molecule has 1 aromatic rings. The Balaban J connectivity index is 1.65. The van der Waals surface area contributed by atoms with Crippen molar-refractivity contribution in [2.24, 2.45) is 5.73 Å². The van der Waals surface area contributed by atoms with Crippen LogP contribution in [0.25, 0.3) is 0 Å². The van der Waals surface area contributed by atoms with E-state index in [9.17, 15) is 4.79 Å². The van der Waals surface area contributed by atoms with Crippen LogP contribution in [0.3, 0.4) is 0 Å². The van der Waals surface area contributed by atoms with Crippen LogP contribution in [0.15, 0.2) is 6.20 Å². The molecule has 2 heterocycles. The van der Waals surface area contributed by atoms with Crippen molar-refractivity contribution in [2.75, 3.05) is 26.2 Å². The van der Waals surface area contributed by atoms with E-state index in [1.54, 1.807) is 6.20 Å². The van der Waals surface area contributed by atoms with Crippen LogP contribution in [0.2, 0.25) is 0 Å². The summed E-state index contributed by atoms with van der Waals surface area (Å²) in [6.07, 6.45) is 4.24. The van der Waals surface area contributed by atoms with Gasteiger partial charge in [0.1, 0.15) is 6.54 Å². The summed E-state index contributed by atoms with van der Waals surface area (Å²) in [6, 6.07) is 0. The van der Waals surface area contributed by atoms with Gasteiger partial charge in [0, 0.05) is 19.6 Å². The number of nitrogens with two attached hydrogens (primary N) is 1. The fourth-order valence-electron chi connectivity index (χ4n) is 2.07. The summed E-state index contributed by atoms with van der Waals surface area (Å²) in [5.74, 6) is -0.0392. The summed E-state index contributed by atoms with van der Waals surface area (Å²) >= 11 is 0. The van der Waals surface area contributed by atoms with Crippen LogP contribution < -0.4 is 11.1 Å². The van der Waals surface area contributed by atoms with Gasteiger partial charge < -0.3 is 16.0 Å². The number of likely N-dealkylation sites (tertiary alicyclic amines) is 1. The van der Waals surface area contributed by atoms with Crippen LogP contribution >= 0.6 is 0 Å². The van der Waals surface area contributed by atoms with Crippen molar-refractivity contribution in [1.82, 2.24) is 25.2 Å². The van der Waals surface area contributed by atoms with Gasteiger partial charge in [-0.15, -0.1) is 5.10 Å². The zero-order valence-electron chi connectivity index (χ0n) is 10.5. The van der Waals surface area contributed by atoms with Gasteiger partial charge >= 0.3 is 0 Å². The molecule has 0 aliphatic carbocycles. The number of nitrogens with one attached hydrogen (secondary N) is 1. The van der Waals surface area contributed by atoms with E-state index < -0.39 is 0 Å². The number of carbonyl (C=O) groups excluding carboxylic acids is 1. The Bertz CT molecular complexity index is 385. The minimum atomic E-state index is -0.0392. The van der Waals surface area contributed by atoms with E-state index in [4.69, 9.17) is 5.73 Å². The molecule has 3 N–H and O–H groups in total. The van der Waals surface area contributed by atoms with Gasteiger partial charge in [0.2, 0.25) is 5.91 Å². The number of aromatic nitrogens is 3. The van der Waals surface area contributed by atoms with E-state index in [1.807, 2.05) is 0 Å². The van der Waals surface area contributed by atoms with Crippen LogP contribution in [-0.4, -0.2) is 52.0 Å². The fourth-order valence-corrected chi connectivity index (χ4v) is 2.07. The van der Waals surface area contributed by atoms with Crippen molar-refractivity contribution in [1.29, 1.82) is 0 Å². The van der Waals surface area contributed by atoms with Crippen molar-refractivity contribution in [3.63, 3.8) is 0 Å². The lowest BCUT2D eigenvalue weighted by Gasteiger charge is -2.14. The molecule has 0 spiro atoms. The molecular weight excluding hydrogens is 232 g/mol. The molecule has 0 unspecified atom stereocenters. The monoisotopic (exact) mass is 252 g/mol. The Morgan fingerprint density at radius 1 is 1.44 bits per heavy atom. The highest BCUT2D eigenvalue weighted by Gasteiger charge is 2.11. The highest BCUT2D eigenvalue weighted by Crippen LogP contribution is 2.05. The van der Waals surface area contributed by atoms with Crippen molar-refractivity contribution in [2.45, 2.75) is 25.9 Å². The standard InChI is InChI=1S/C11H20N6O/c12-7-10-8-17(15-14-10)9-11(18)13-3-6-16-4-1-2-5-16/h8H,1-7,9,12H2,(H,13,18). The number of hydrogen-bond donors (Lipinski definition) is 2. The van der Waals surface area contributed by atoms with Crippen molar-refractivity contribution < 1.29 is 4.79 Å². The Morgan fingerprint density at radius 2 is 2.22 bits per heavy atom. The predicted molar refractivity (Wildman–Crippen MR) is 66.6 cm³/mol. The maximum absolute atomic E-state index is 11.6. The summed E-state index contributed by atoms with van der Waals surface area (Å²) in [7, 11) is 0. The lowest BCUT2D eigenvalue weighted by Crippen LogP contribution is -2.35. The number of nitrogens with zero attached hydrogens (tertiary/aromatic N) is 4. The van der Waals surface area contributed by atoms with Gasteiger partial charge in [0.25, 0.3) is 0 Å². The van der Waals surface area contributed by atoms with Gasteiger partial charge in [0.15, 0.2) is 0 Å². The highest BCUT2D eigenvalue weighted by atomic mass is 16.2. The Labute approximate surface area is 106 Å². The third-order valence-corrected chi connectivity index (χ3v) is 3.05. The van der Waals surface area contributed by atoms with E-state index in [0.29, 0.717) is 18.8 Å². The summed E-state index contributed by atoms with van der Waals surface area (Å²) in [5, 5.41) is 10.5. The molecule has 1 saturated heterocycles. The molecule has 0 radical (unpaired) electrons. The average molecular weight is 252 g/mol. The molecule has 1 aromatic heterocycles. The molecule has 1 aliphatic heterocycles. The lowest BCUT2D eigenvalue weighted by atomic mass is 10.4. The van der Waals surface area contributed by atoms with Crippen LogP contribution in [0.1, 0.15) is 18.5 Å². The van der Waals surface area contributed by atoms with E-state index in [-0.39, 0.29) is 12.5 Å². The van der Waals surface area contributed by atoms with Crippen LogP contribution in [0, 0.1) is 0 Å². The minimum absolute atomic E-state index is 0.0392. The van der Waals surface area contributed by atoms with E-state index in [1.165, 1.54) is 17.5 Å². The number of rotatable bonds is 6. The topological polar surface area (TPSA) is 89.1 Å². The van der Waals surface area contributed by atoms with Crippen molar-refractivity contribution >= 4 is 5.91 Å². The van der Waals surface area contributed by atoms with Gasteiger partial charge in [0.05, 0.1) is 11.9 Å². The molecule has 100 valence electrons. The number of carbonyl (C=O) groups is 1. The average Bonchev–Trinajstić information content (AvgIpc) is 3.00. The molecule has 1 aliphatic rings. The fraction of sp³-hybridized carbons (Fsp3) is 0.727.